The number of anilines is 1. The lowest BCUT2D eigenvalue weighted by atomic mass is 10.1. The summed E-state index contributed by atoms with van der Waals surface area (Å²) in [7, 11) is 0. The Labute approximate surface area is 121 Å². The molecule has 0 bridgehead atoms. The van der Waals surface area contributed by atoms with E-state index >= 15 is 0 Å². The molecule has 1 aromatic heterocycles. The van der Waals surface area contributed by atoms with Crippen molar-refractivity contribution in [2.75, 3.05) is 5.32 Å². The van der Waals surface area contributed by atoms with Gasteiger partial charge in [0.1, 0.15) is 5.82 Å². The van der Waals surface area contributed by atoms with Crippen molar-refractivity contribution in [3.05, 3.63) is 57.6 Å². The first-order valence-corrected chi connectivity index (χ1v) is 6.55. The molecule has 1 N–H and O–H groups in total. The van der Waals surface area contributed by atoms with Crippen molar-refractivity contribution in [3.8, 4) is 0 Å². The van der Waals surface area contributed by atoms with Gasteiger partial charge < -0.3 is 5.32 Å². The predicted molar refractivity (Wildman–Crippen MR) is 77.4 cm³/mol. The van der Waals surface area contributed by atoms with E-state index in [1.807, 2.05) is 19.9 Å². The van der Waals surface area contributed by atoms with Gasteiger partial charge in [-0.2, -0.15) is 0 Å². The molecule has 0 aliphatic heterocycles. The van der Waals surface area contributed by atoms with Gasteiger partial charge in [0.2, 0.25) is 0 Å². The third kappa shape index (κ3) is 3.37. The van der Waals surface area contributed by atoms with E-state index in [4.69, 9.17) is 23.2 Å². The van der Waals surface area contributed by atoms with Crippen molar-refractivity contribution in [1.82, 2.24) is 4.98 Å². The summed E-state index contributed by atoms with van der Waals surface area (Å²) in [6, 6.07) is 4.58. The molecule has 2 rings (SSSR count). The highest BCUT2D eigenvalue weighted by Crippen LogP contribution is 2.30. The summed E-state index contributed by atoms with van der Waals surface area (Å²) in [6.07, 6.45) is 3.48. The van der Waals surface area contributed by atoms with Gasteiger partial charge in [-0.1, -0.05) is 23.2 Å². The molecule has 1 unspecified atom stereocenters. The third-order valence-electron chi connectivity index (χ3n) is 2.76. The zero-order chi connectivity index (χ0) is 14.0. The molecule has 1 heterocycles. The Bertz CT molecular complexity index is 602. The van der Waals surface area contributed by atoms with Crippen LogP contribution in [0.2, 0.25) is 10.0 Å². The first-order valence-electron chi connectivity index (χ1n) is 5.80. The van der Waals surface area contributed by atoms with Crippen molar-refractivity contribution in [3.63, 3.8) is 0 Å². The maximum atomic E-state index is 13.5. The summed E-state index contributed by atoms with van der Waals surface area (Å²) in [4.78, 5) is 4.09. The highest BCUT2D eigenvalue weighted by Gasteiger charge is 2.13. The van der Waals surface area contributed by atoms with Gasteiger partial charge in [-0.05, 0) is 43.2 Å². The minimum atomic E-state index is -0.475. The fourth-order valence-electron chi connectivity index (χ4n) is 1.83. The Morgan fingerprint density at radius 1 is 1.16 bits per heavy atom. The third-order valence-corrected chi connectivity index (χ3v) is 3.38. The normalized spacial score (nSPS) is 12.3. The summed E-state index contributed by atoms with van der Waals surface area (Å²) < 4.78 is 13.5. The van der Waals surface area contributed by atoms with Crippen LogP contribution >= 0.6 is 23.2 Å². The summed E-state index contributed by atoms with van der Waals surface area (Å²) in [6.45, 7) is 3.86. The molecule has 1 aromatic carbocycles. The SMILES string of the molecule is Cc1cncc(NC(C)c2cc(F)c(Cl)cc2Cl)c1. The standard InChI is InChI=1S/C14H13Cl2FN2/c1-8-3-10(7-18-6-8)19-9(2)11-4-14(17)13(16)5-12(11)15/h3-7,9,19H,1-2H3. The molecule has 0 saturated carbocycles. The van der Waals surface area contributed by atoms with Gasteiger partial charge in [-0.15, -0.1) is 0 Å². The van der Waals surface area contributed by atoms with Gasteiger partial charge in [-0.3, -0.25) is 4.98 Å². The predicted octanol–water partition coefficient (Wildman–Crippen LogP) is 5.01. The maximum absolute atomic E-state index is 13.5. The Balaban J connectivity index is 2.25. The second-order valence-corrected chi connectivity index (χ2v) is 5.22. The lowest BCUT2D eigenvalue weighted by Gasteiger charge is -2.17. The first-order chi connectivity index (χ1) is 8.97. The van der Waals surface area contributed by atoms with Crippen LogP contribution in [0.3, 0.4) is 0 Å². The number of aromatic nitrogens is 1. The van der Waals surface area contributed by atoms with Crippen molar-refractivity contribution < 1.29 is 4.39 Å². The number of pyridine rings is 1. The molecule has 1 atom stereocenters. The fraction of sp³-hybridized carbons (Fsp3) is 0.214. The second-order valence-electron chi connectivity index (χ2n) is 4.40. The van der Waals surface area contributed by atoms with Crippen LogP contribution in [0.4, 0.5) is 10.1 Å². The minimum Gasteiger partial charge on any atom is -0.377 e. The maximum Gasteiger partial charge on any atom is 0.142 e. The fourth-order valence-corrected chi connectivity index (χ4v) is 2.38. The average Bonchev–Trinajstić information content (AvgIpc) is 2.33. The Morgan fingerprint density at radius 3 is 2.58 bits per heavy atom. The van der Waals surface area contributed by atoms with Crippen LogP contribution in [0.15, 0.2) is 30.6 Å². The van der Waals surface area contributed by atoms with Crippen LogP contribution in [0.1, 0.15) is 24.1 Å². The molecule has 2 aromatic rings. The molecule has 0 aliphatic rings. The van der Waals surface area contributed by atoms with Crippen molar-refractivity contribution in [2.45, 2.75) is 19.9 Å². The molecule has 5 heteroatoms. The quantitative estimate of drug-likeness (QED) is 0.806. The van der Waals surface area contributed by atoms with E-state index < -0.39 is 5.82 Å². The average molecular weight is 299 g/mol. The number of nitrogens with zero attached hydrogens (tertiary/aromatic N) is 1. The molecule has 0 fully saturated rings. The highest BCUT2D eigenvalue weighted by atomic mass is 35.5. The van der Waals surface area contributed by atoms with Crippen LogP contribution in [0.5, 0.6) is 0 Å². The lowest BCUT2D eigenvalue weighted by molar-refractivity contribution is 0.624. The highest BCUT2D eigenvalue weighted by molar-refractivity contribution is 6.35. The number of benzene rings is 1. The number of aryl methyl sites for hydroxylation is 1. The molecule has 0 saturated heterocycles. The van der Waals surface area contributed by atoms with Crippen LogP contribution in [0.25, 0.3) is 0 Å². The minimum absolute atomic E-state index is 0.0261. The number of hydrogen-bond donors (Lipinski definition) is 1. The van der Waals surface area contributed by atoms with E-state index in [1.54, 1.807) is 12.4 Å². The summed E-state index contributed by atoms with van der Waals surface area (Å²) >= 11 is 11.8. The van der Waals surface area contributed by atoms with Gasteiger partial charge in [0.25, 0.3) is 0 Å². The number of rotatable bonds is 3. The zero-order valence-electron chi connectivity index (χ0n) is 10.5. The first kappa shape index (κ1) is 14.1. The van der Waals surface area contributed by atoms with E-state index in [0.717, 1.165) is 11.3 Å². The second kappa shape index (κ2) is 5.76. The molecular weight excluding hydrogens is 286 g/mol. The number of hydrogen-bond acceptors (Lipinski definition) is 2. The van der Waals surface area contributed by atoms with Crippen LogP contribution in [-0.2, 0) is 0 Å². The number of halogens is 3. The number of nitrogens with one attached hydrogen (secondary N) is 1. The van der Waals surface area contributed by atoms with E-state index in [9.17, 15) is 4.39 Å². The molecule has 2 nitrogen and oxygen atoms in total. The van der Waals surface area contributed by atoms with Crippen molar-refractivity contribution in [1.29, 1.82) is 0 Å². The molecule has 19 heavy (non-hydrogen) atoms. The summed E-state index contributed by atoms with van der Waals surface area (Å²) in [5.74, 6) is -0.475. The molecular formula is C14H13Cl2FN2. The van der Waals surface area contributed by atoms with E-state index in [0.29, 0.717) is 10.6 Å². The molecule has 0 radical (unpaired) electrons. The van der Waals surface area contributed by atoms with Crippen LogP contribution in [0, 0.1) is 12.7 Å². The Kier molecular flexibility index (Phi) is 4.27. The van der Waals surface area contributed by atoms with Crippen molar-refractivity contribution in [2.24, 2.45) is 0 Å². The van der Waals surface area contributed by atoms with Crippen LogP contribution < -0.4 is 5.32 Å². The molecule has 100 valence electrons. The molecule has 0 spiro atoms. The smallest absolute Gasteiger partial charge is 0.142 e. The topological polar surface area (TPSA) is 24.9 Å². The van der Waals surface area contributed by atoms with Gasteiger partial charge in [0.05, 0.1) is 16.8 Å². The monoisotopic (exact) mass is 298 g/mol. The van der Waals surface area contributed by atoms with Gasteiger partial charge in [-0.25, -0.2) is 4.39 Å². The zero-order valence-corrected chi connectivity index (χ0v) is 12.1. The van der Waals surface area contributed by atoms with Gasteiger partial charge in [0.15, 0.2) is 0 Å². The van der Waals surface area contributed by atoms with E-state index in [-0.39, 0.29) is 11.1 Å². The van der Waals surface area contributed by atoms with Crippen LogP contribution in [-0.4, -0.2) is 4.98 Å². The van der Waals surface area contributed by atoms with Gasteiger partial charge in [0, 0.05) is 17.4 Å². The largest absolute Gasteiger partial charge is 0.377 e. The lowest BCUT2D eigenvalue weighted by Crippen LogP contribution is -2.08. The Morgan fingerprint density at radius 2 is 1.89 bits per heavy atom. The molecule has 0 aliphatic carbocycles. The van der Waals surface area contributed by atoms with E-state index in [2.05, 4.69) is 10.3 Å². The summed E-state index contributed by atoms with van der Waals surface area (Å²) in [5, 5.41) is 3.69. The Hall–Kier alpha value is -1.32. The van der Waals surface area contributed by atoms with Crippen molar-refractivity contribution >= 4 is 28.9 Å². The molecule has 0 amide bonds. The summed E-state index contributed by atoms with van der Waals surface area (Å²) in [5.41, 5.74) is 2.56. The van der Waals surface area contributed by atoms with E-state index in [1.165, 1.54) is 12.1 Å². The van der Waals surface area contributed by atoms with Gasteiger partial charge >= 0.3 is 0 Å².